The molecule has 0 aliphatic carbocycles. The first-order chi connectivity index (χ1) is 18.3. The SMILES string of the molecule is CC[C@H](C(=O)NC(C)(C)C)N(Cc1ccccc1)C(=O)CN(c1ccc(C)c(Cl)c1)S(=O)(=O)c1ccccc1. The van der Waals surface area contributed by atoms with Gasteiger partial charge < -0.3 is 10.2 Å². The lowest BCUT2D eigenvalue weighted by atomic mass is 10.1. The lowest BCUT2D eigenvalue weighted by Gasteiger charge is -2.34. The number of hydrogen-bond donors (Lipinski definition) is 1. The van der Waals surface area contributed by atoms with Gasteiger partial charge in [0, 0.05) is 17.1 Å². The summed E-state index contributed by atoms with van der Waals surface area (Å²) in [4.78, 5) is 28.9. The van der Waals surface area contributed by atoms with Gasteiger partial charge in [0.05, 0.1) is 10.6 Å². The van der Waals surface area contributed by atoms with Crippen molar-refractivity contribution in [3.8, 4) is 0 Å². The van der Waals surface area contributed by atoms with Crippen LogP contribution in [-0.2, 0) is 26.2 Å². The molecule has 0 aliphatic rings. The standard InChI is InChI=1S/C30H36ClN3O4S/c1-6-27(29(36)32-30(3,4)5)33(20-23-13-9-7-10-14-23)28(35)21-34(24-18-17-22(2)26(31)19-24)39(37,38)25-15-11-8-12-16-25/h7-19,27H,6,20-21H2,1-5H3,(H,32,36)/t27-/m1/s1. The molecule has 2 amide bonds. The lowest BCUT2D eigenvalue weighted by molar-refractivity contribution is -0.141. The van der Waals surface area contributed by atoms with Gasteiger partial charge in [0.2, 0.25) is 11.8 Å². The van der Waals surface area contributed by atoms with Crippen LogP contribution in [0.3, 0.4) is 0 Å². The van der Waals surface area contributed by atoms with E-state index in [0.717, 1.165) is 15.4 Å². The fourth-order valence-corrected chi connectivity index (χ4v) is 5.74. The molecule has 208 valence electrons. The Morgan fingerprint density at radius 3 is 2.08 bits per heavy atom. The van der Waals surface area contributed by atoms with Crippen molar-refractivity contribution in [2.45, 2.75) is 64.1 Å². The van der Waals surface area contributed by atoms with Crippen molar-refractivity contribution < 1.29 is 18.0 Å². The number of aryl methyl sites for hydroxylation is 1. The van der Waals surface area contributed by atoms with Crippen LogP contribution in [0, 0.1) is 6.92 Å². The van der Waals surface area contributed by atoms with Crippen molar-refractivity contribution >= 4 is 39.1 Å². The number of carbonyl (C=O) groups is 2. The van der Waals surface area contributed by atoms with Gasteiger partial charge in [0.1, 0.15) is 12.6 Å². The highest BCUT2D eigenvalue weighted by atomic mass is 35.5. The molecule has 7 nitrogen and oxygen atoms in total. The van der Waals surface area contributed by atoms with Crippen molar-refractivity contribution in [3.63, 3.8) is 0 Å². The third kappa shape index (κ3) is 7.83. The van der Waals surface area contributed by atoms with E-state index < -0.39 is 34.1 Å². The molecule has 0 aliphatic heterocycles. The van der Waals surface area contributed by atoms with E-state index in [-0.39, 0.29) is 23.0 Å². The molecule has 0 unspecified atom stereocenters. The van der Waals surface area contributed by atoms with Crippen LogP contribution in [0.25, 0.3) is 0 Å². The van der Waals surface area contributed by atoms with Crippen LogP contribution in [0.1, 0.15) is 45.2 Å². The number of hydrogen-bond acceptors (Lipinski definition) is 4. The molecular formula is C30H36ClN3O4S. The van der Waals surface area contributed by atoms with Crippen molar-refractivity contribution in [1.82, 2.24) is 10.2 Å². The smallest absolute Gasteiger partial charge is 0.264 e. The monoisotopic (exact) mass is 569 g/mol. The van der Waals surface area contributed by atoms with Crippen molar-refractivity contribution in [2.24, 2.45) is 0 Å². The molecule has 1 atom stereocenters. The first-order valence-electron chi connectivity index (χ1n) is 12.8. The molecule has 0 heterocycles. The van der Waals surface area contributed by atoms with Gasteiger partial charge in [-0.3, -0.25) is 13.9 Å². The Balaban J connectivity index is 2.07. The summed E-state index contributed by atoms with van der Waals surface area (Å²) in [6.45, 7) is 8.89. The summed E-state index contributed by atoms with van der Waals surface area (Å²) in [5, 5.41) is 3.34. The van der Waals surface area contributed by atoms with E-state index in [1.807, 2.05) is 65.0 Å². The minimum absolute atomic E-state index is 0.0432. The molecule has 3 aromatic rings. The van der Waals surface area contributed by atoms with E-state index in [9.17, 15) is 18.0 Å². The summed E-state index contributed by atoms with van der Waals surface area (Å²) in [6.07, 6.45) is 0.349. The predicted octanol–water partition coefficient (Wildman–Crippen LogP) is 5.57. The average Bonchev–Trinajstić information content (AvgIpc) is 2.88. The molecule has 3 aromatic carbocycles. The number of anilines is 1. The van der Waals surface area contributed by atoms with Gasteiger partial charge in [0.15, 0.2) is 0 Å². The third-order valence-electron chi connectivity index (χ3n) is 6.13. The van der Waals surface area contributed by atoms with Gasteiger partial charge in [-0.15, -0.1) is 0 Å². The summed E-state index contributed by atoms with van der Waals surface area (Å²) in [5.41, 5.74) is 1.35. The Morgan fingerprint density at radius 2 is 1.54 bits per heavy atom. The van der Waals surface area contributed by atoms with Gasteiger partial charge in [-0.2, -0.15) is 0 Å². The predicted molar refractivity (Wildman–Crippen MR) is 156 cm³/mol. The molecular weight excluding hydrogens is 534 g/mol. The zero-order valence-electron chi connectivity index (χ0n) is 23.0. The lowest BCUT2D eigenvalue weighted by Crippen LogP contribution is -2.55. The number of benzene rings is 3. The first kappa shape index (κ1) is 30.2. The average molecular weight is 570 g/mol. The zero-order valence-corrected chi connectivity index (χ0v) is 24.6. The van der Waals surface area contributed by atoms with Crippen LogP contribution in [-0.4, -0.2) is 43.3 Å². The maximum atomic E-state index is 14.0. The van der Waals surface area contributed by atoms with E-state index in [0.29, 0.717) is 11.4 Å². The molecule has 9 heteroatoms. The fraction of sp³-hybridized carbons (Fsp3) is 0.333. The number of halogens is 1. The van der Waals surface area contributed by atoms with E-state index in [2.05, 4.69) is 5.32 Å². The van der Waals surface area contributed by atoms with Gasteiger partial charge in [-0.25, -0.2) is 8.42 Å². The van der Waals surface area contributed by atoms with Gasteiger partial charge >= 0.3 is 0 Å². The zero-order chi connectivity index (χ0) is 28.8. The maximum Gasteiger partial charge on any atom is 0.264 e. The Bertz CT molecular complexity index is 1390. The van der Waals surface area contributed by atoms with Gasteiger partial charge in [0.25, 0.3) is 10.0 Å². The second kappa shape index (κ2) is 12.7. The molecule has 0 saturated carbocycles. The molecule has 0 aromatic heterocycles. The van der Waals surface area contributed by atoms with Crippen molar-refractivity contribution in [1.29, 1.82) is 0 Å². The van der Waals surface area contributed by atoms with E-state index in [1.54, 1.807) is 30.3 Å². The normalized spacial score (nSPS) is 12.5. The molecule has 39 heavy (non-hydrogen) atoms. The second-order valence-corrected chi connectivity index (χ2v) is 12.7. The molecule has 0 saturated heterocycles. The van der Waals surface area contributed by atoms with Crippen LogP contribution in [0.4, 0.5) is 5.69 Å². The maximum absolute atomic E-state index is 14.0. The summed E-state index contributed by atoms with van der Waals surface area (Å²) < 4.78 is 28.7. The van der Waals surface area contributed by atoms with E-state index in [1.165, 1.54) is 23.1 Å². The number of nitrogens with zero attached hydrogens (tertiary/aromatic N) is 2. The van der Waals surface area contributed by atoms with Crippen molar-refractivity contribution in [2.75, 3.05) is 10.8 Å². The molecule has 0 fully saturated rings. The molecule has 0 bridgehead atoms. The quantitative estimate of drug-likeness (QED) is 0.346. The Hall–Kier alpha value is -3.36. The second-order valence-electron chi connectivity index (χ2n) is 10.4. The summed E-state index contributed by atoms with van der Waals surface area (Å²) in [6, 6.07) is 21.3. The number of sulfonamides is 1. The summed E-state index contributed by atoms with van der Waals surface area (Å²) in [5.74, 6) is -0.809. The molecule has 0 radical (unpaired) electrons. The number of rotatable bonds is 10. The number of nitrogens with one attached hydrogen (secondary N) is 1. The first-order valence-corrected chi connectivity index (χ1v) is 14.6. The van der Waals surface area contributed by atoms with Crippen LogP contribution in [0.2, 0.25) is 5.02 Å². The highest BCUT2D eigenvalue weighted by molar-refractivity contribution is 7.92. The van der Waals surface area contributed by atoms with Crippen LogP contribution in [0.15, 0.2) is 83.8 Å². The van der Waals surface area contributed by atoms with Crippen molar-refractivity contribution in [3.05, 3.63) is 95.0 Å². The Labute approximate surface area is 236 Å². The van der Waals surface area contributed by atoms with E-state index >= 15 is 0 Å². The van der Waals surface area contributed by atoms with Crippen LogP contribution >= 0.6 is 11.6 Å². The van der Waals surface area contributed by atoms with E-state index in [4.69, 9.17) is 11.6 Å². The Morgan fingerprint density at radius 1 is 0.949 bits per heavy atom. The Kier molecular flexibility index (Phi) is 9.80. The van der Waals surface area contributed by atoms with Crippen LogP contribution in [0.5, 0.6) is 0 Å². The summed E-state index contributed by atoms with van der Waals surface area (Å²) >= 11 is 6.37. The largest absolute Gasteiger partial charge is 0.350 e. The van der Waals surface area contributed by atoms with Gasteiger partial charge in [-0.05, 0) is 69.5 Å². The topological polar surface area (TPSA) is 86.8 Å². The molecule has 1 N–H and O–H groups in total. The number of carbonyl (C=O) groups excluding carboxylic acids is 2. The third-order valence-corrected chi connectivity index (χ3v) is 8.33. The van der Waals surface area contributed by atoms with Gasteiger partial charge in [-0.1, -0.05) is 73.1 Å². The number of amides is 2. The minimum Gasteiger partial charge on any atom is -0.350 e. The minimum atomic E-state index is -4.14. The summed E-state index contributed by atoms with van der Waals surface area (Å²) in [7, 11) is -4.14. The molecule has 3 rings (SSSR count). The van der Waals surface area contributed by atoms with Crippen LogP contribution < -0.4 is 9.62 Å². The highest BCUT2D eigenvalue weighted by Gasteiger charge is 2.34. The fourth-order valence-electron chi connectivity index (χ4n) is 4.14. The molecule has 0 spiro atoms. The highest BCUT2D eigenvalue weighted by Crippen LogP contribution is 2.28.